The molecule has 4 nitrogen and oxygen atoms in total. The lowest BCUT2D eigenvalue weighted by Crippen LogP contribution is -2.38. The van der Waals surface area contributed by atoms with Gasteiger partial charge < -0.3 is 19.7 Å². The van der Waals surface area contributed by atoms with E-state index in [9.17, 15) is 0 Å². The Morgan fingerprint density at radius 2 is 1.95 bits per heavy atom. The predicted octanol–water partition coefficient (Wildman–Crippen LogP) is 2.00. The van der Waals surface area contributed by atoms with Crippen molar-refractivity contribution < 1.29 is 9.47 Å². The van der Waals surface area contributed by atoms with Crippen LogP contribution < -0.4 is 10.2 Å². The summed E-state index contributed by atoms with van der Waals surface area (Å²) < 4.78 is 11.3. The first-order valence-electron chi connectivity index (χ1n) is 7.12. The third-order valence-corrected chi connectivity index (χ3v) is 3.28. The second-order valence-corrected chi connectivity index (χ2v) is 4.59. The Bertz CT molecular complexity index is 378. The Kier molecular flexibility index (Phi) is 5.63. The van der Waals surface area contributed by atoms with Crippen LogP contribution >= 0.6 is 0 Å². The number of nitrogens with zero attached hydrogens (tertiary/aromatic N) is 1. The van der Waals surface area contributed by atoms with E-state index in [1.165, 1.54) is 11.3 Å². The number of nitrogens with one attached hydrogen (secondary N) is 1. The van der Waals surface area contributed by atoms with Crippen LogP contribution in [0.5, 0.6) is 0 Å². The minimum absolute atomic E-state index is 0.152. The fraction of sp³-hybridized carbons (Fsp3) is 0.600. The highest BCUT2D eigenvalue weighted by Crippen LogP contribution is 2.22. The molecule has 4 heteroatoms. The van der Waals surface area contributed by atoms with E-state index in [1.807, 2.05) is 13.8 Å². The van der Waals surface area contributed by atoms with Gasteiger partial charge in [0.2, 0.25) is 0 Å². The summed E-state index contributed by atoms with van der Waals surface area (Å²) in [5.41, 5.74) is 2.63. The Labute approximate surface area is 115 Å². The Morgan fingerprint density at radius 1 is 1.21 bits per heavy atom. The van der Waals surface area contributed by atoms with Gasteiger partial charge in [0, 0.05) is 38.5 Å². The number of benzene rings is 1. The molecule has 19 heavy (non-hydrogen) atoms. The van der Waals surface area contributed by atoms with Crippen LogP contribution in [0.15, 0.2) is 24.3 Å². The third-order valence-electron chi connectivity index (χ3n) is 3.28. The fourth-order valence-electron chi connectivity index (χ4n) is 2.42. The van der Waals surface area contributed by atoms with Crippen molar-refractivity contribution in [1.82, 2.24) is 5.32 Å². The van der Waals surface area contributed by atoms with Crippen molar-refractivity contribution in [3.63, 3.8) is 0 Å². The lowest BCUT2D eigenvalue weighted by molar-refractivity contribution is -0.129. The molecule has 0 radical (unpaired) electrons. The van der Waals surface area contributed by atoms with Crippen LogP contribution in [0.1, 0.15) is 19.4 Å². The fourth-order valence-corrected chi connectivity index (χ4v) is 2.42. The molecule has 0 spiro atoms. The highest BCUT2D eigenvalue weighted by atomic mass is 16.7. The van der Waals surface area contributed by atoms with Gasteiger partial charge in [-0.05, 0) is 25.5 Å². The molecule has 1 heterocycles. The second-order valence-electron chi connectivity index (χ2n) is 4.59. The normalized spacial score (nSPS) is 15.4. The molecule has 1 aromatic rings. The maximum atomic E-state index is 5.66. The highest BCUT2D eigenvalue weighted by Gasteiger charge is 2.19. The smallest absolute Gasteiger partial charge is 0.174 e. The van der Waals surface area contributed by atoms with Crippen molar-refractivity contribution in [2.75, 3.05) is 37.7 Å². The van der Waals surface area contributed by atoms with Gasteiger partial charge in [-0.2, -0.15) is 0 Å². The minimum Gasteiger partial charge on any atom is -0.365 e. The van der Waals surface area contributed by atoms with Crippen LogP contribution in [-0.2, 0) is 16.0 Å². The summed E-state index contributed by atoms with van der Waals surface area (Å²) in [6, 6.07) is 8.54. The molecule has 1 aromatic carbocycles. The van der Waals surface area contributed by atoms with E-state index in [4.69, 9.17) is 9.47 Å². The van der Waals surface area contributed by atoms with Gasteiger partial charge in [-0.3, -0.25) is 0 Å². The zero-order valence-electron chi connectivity index (χ0n) is 11.9. The average molecular weight is 264 g/mol. The number of para-hydroxylation sites is 1. The topological polar surface area (TPSA) is 33.7 Å². The van der Waals surface area contributed by atoms with Crippen molar-refractivity contribution in [2.24, 2.45) is 0 Å². The van der Waals surface area contributed by atoms with E-state index in [2.05, 4.69) is 34.5 Å². The van der Waals surface area contributed by atoms with Gasteiger partial charge >= 0.3 is 0 Å². The van der Waals surface area contributed by atoms with E-state index in [-0.39, 0.29) is 6.29 Å². The number of ether oxygens (including phenoxy) is 2. The summed E-state index contributed by atoms with van der Waals surface area (Å²) in [6.07, 6.45) is -0.152. The van der Waals surface area contributed by atoms with Gasteiger partial charge in [0.1, 0.15) is 0 Å². The van der Waals surface area contributed by atoms with Gasteiger partial charge in [-0.25, -0.2) is 0 Å². The van der Waals surface area contributed by atoms with Crippen LogP contribution in [0, 0.1) is 0 Å². The number of fused-ring (bicyclic) bond motifs is 1. The SMILES string of the molecule is CCOC(CN1CCNCc2ccccc21)OCC. The molecule has 0 bridgehead atoms. The lowest BCUT2D eigenvalue weighted by Gasteiger charge is -2.29. The number of anilines is 1. The van der Waals surface area contributed by atoms with E-state index >= 15 is 0 Å². The molecule has 1 N–H and O–H groups in total. The van der Waals surface area contributed by atoms with E-state index in [0.717, 1.165) is 26.2 Å². The first-order chi connectivity index (χ1) is 9.35. The molecule has 0 atom stereocenters. The van der Waals surface area contributed by atoms with Crippen LogP contribution in [0.2, 0.25) is 0 Å². The molecule has 1 aliphatic rings. The van der Waals surface area contributed by atoms with Gasteiger partial charge in [0.05, 0.1) is 6.54 Å². The molecule has 1 aliphatic heterocycles. The average Bonchev–Trinajstić information content (AvgIpc) is 2.62. The van der Waals surface area contributed by atoms with E-state index < -0.39 is 0 Å². The second kappa shape index (κ2) is 7.48. The molecular weight excluding hydrogens is 240 g/mol. The van der Waals surface area contributed by atoms with Gasteiger partial charge in [0.15, 0.2) is 6.29 Å². The zero-order valence-corrected chi connectivity index (χ0v) is 11.9. The summed E-state index contributed by atoms with van der Waals surface area (Å²) in [6.45, 7) is 9.04. The molecule has 106 valence electrons. The summed E-state index contributed by atoms with van der Waals surface area (Å²) in [7, 11) is 0. The Morgan fingerprint density at radius 3 is 2.68 bits per heavy atom. The maximum Gasteiger partial charge on any atom is 0.174 e. The molecule has 2 rings (SSSR count). The van der Waals surface area contributed by atoms with Gasteiger partial charge in [-0.15, -0.1) is 0 Å². The zero-order chi connectivity index (χ0) is 13.5. The first-order valence-corrected chi connectivity index (χ1v) is 7.12. The van der Waals surface area contributed by atoms with Crippen LogP contribution in [-0.4, -0.2) is 39.1 Å². The Hall–Kier alpha value is -1.10. The van der Waals surface area contributed by atoms with Crippen LogP contribution in [0.25, 0.3) is 0 Å². The molecule has 0 aromatic heterocycles. The van der Waals surface area contributed by atoms with E-state index in [1.54, 1.807) is 0 Å². The van der Waals surface area contributed by atoms with Crippen molar-refractivity contribution in [3.05, 3.63) is 29.8 Å². The van der Waals surface area contributed by atoms with Crippen LogP contribution in [0.3, 0.4) is 0 Å². The third kappa shape index (κ3) is 3.93. The monoisotopic (exact) mass is 264 g/mol. The summed E-state index contributed by atoms with van der Waals surface area (Å²) in [4.78, 5) is 2.35. The minimum atomic E-state index is -0.152. The highest BCUT2D eigenvalue weighted by molar-refractivity contribution is 5.54. The van der Waals surface area contributed by atoms with Gasteiger partial charge in [-0.1, -0.05) is 18.2 Å². The van der Waals surface area contributed by atoms with Crippen LogP contribution in [0.4, 0.5) is 5.69 Å². The molecule has 0 unspecified atom stereocenters. The standard InChI is InChI=1S/C15H24N2O2/c1-3-18-15(19-4-2)12-17-10-9-16-11-13-7-5-6-8-14(13)17/h5-8,15-16H,3-4,9-12H2,1-2H3. The quantitative estimate of drug-likeness (QED) is 0.797. The summed E-state index contributed by atoms with van der Waals surface area (Å²) in [5.74, 6) is 0. The number of hydrogen-bond acceptors (Lipinski definition) is 4. The number of rotatable bonds is 6. The number of hydrogen-bond donors (Lipinski definition) is 1. The molecular formula is C15H24N2O2. The summed E-state index contributed by atoms with van der Waals surface area (Å²) in [5, 5.41) is 3.45. The Balaban J connectivity index is 2.10. The molecule has 0 amide bonds. The molecule has 0 fully saturated rings. The summed E-state index contributed by atoms with van der Waals surface area (Å²) >= 11 is 0. The first kappa shape index (κ1) is 14.3. The maximum absolute atomic E-state index is 5.66. The lowest BCUT2D eigenvalue weighted by atomic mass is 10.1. The van der Waals surface area contributed by atoms with Crippen molar-refractivity contribution in [2.45, 2.75) is 26.7 Å². The largest absolute Gasteiger partial charge is 0.365 e. The van der Waals surface area contributed by atoms with Crippen molar-refractivity contribution in [3.8, 4) is 0 Å². The molecule has 0 saturated heterocycles. The van der Waals surface area contributed by atoms with Gasteiger partial charge in [0.25, 0.3) is 0 Å². The van der Waals surface area contributed by atoms with E-state index in [0.29, 0.717) is 13.2 Å². The molecule has 0 aliphatic carbocycles. The molecule has 0 saturated carbocycles. The van der Waals surface area contributed by atoms with Crippen molar-refractivity contribution in [1.29, 1.82) is 0 Å². The predicted molar refractivity (Wildman–Crippen MR) is 77.4 cm³/mol. The van der Waals surface area contributed by atoms with Crippen molar-refractivity contribution >= 4 is 5.69 Å².